The van der Waals surface area contributed by atoms with E-state index in [4.69, 9.17) is 16.0 Å². The summed E-state index contributed by atoms with van der Waals surface area (Å²) in [5.74, 6) is 1.99. The number of nitrogen functional groups attached to an aromatic ring is 1. The number of nitrogens with two attached hydrogens (primary N) is 2. The van der Waals surface area contributed by atoms with Crippen LogP contribution in [0.2, 0.25) is 0 Å². The molecule has 0 bridgehead atoms. The maximum Gasteiger partial charge on any atom is 0.260 e. The summed E-state index contributed by atoms with van der Waals surface area (Å²) >= 11 is 0. The molecule has 0 amide bonds. The van der Waals surface area contributed by atoms with Gasteiger partial charge in [0.15, 0.2) is 0 Å². The Balaban J connectivity index is 1.95. The molecule has 1 aromatic heterocycles. The van der Waals surface area contributed by atoms with Crippen LogP contribution in [0.1, 0.15) is 37.5 Å². The van der Waals surface area contributed by atoms with E-state index in [0.717, 1.165) is 32.2 Å². The van der Waals surface area contributed by atoms with Crippen molar-refractivity contribution in [2.24, 2.45) is 11.7 Å². The smallest absolute Gasteiger partial charge is 0.260 e. The van der Waals surface area contributed by atoms with Crippen LogP contribution in [0.5, 0.6) is 0 Å². The Morgan fingerprint density at radius 1 is 1.29 bits per heavy atom. The normalized spacial score (nSPS) is 27.8. The summed E-state index contributed by atoms with van der Waals surface area (Å²) < 4.78 is 5.06. The molecule has 0 aliphatic heterocycles. The molecule has 1 aliphatic carbocycles. The van der Waals surface area contributed by atoms with Gasteiger partial charge in [-0.05, 0) is 43.3 Å². The molecule has 0 atom stereocenters. The van der Waals surface area contributed by atoms with E-state index in [1.165, 1.54) is 0 Å². The number of aromatic nitrogens is 2. The van der Waals surface area contributed by atoms with Crippen LogP contribution in [0.4, 0.5) is 5.95 Å². The third kappa shape index (κ3) is 1.87. The quantitative estimate of drug-likeness (QED) is 0.732. The van der Waals surface area contributed by atoms with Crippen molar-refractivity contribution in [1.82, 2.24) is 10.1 Å². The summed E-state index contributed by atoms with van der Waals surface area (Å²) in [4.78, 5) is 4.05. The van der Waals surface area contributed by atoms with Crippen LogP contribution in [0.3, 0.4) is 0 Å². The van der Waals surface area contributed by atoms with Crippen molar-refractivity contribution < 1.29 is 4.52 Å². The molecule has 0 aromatic carbocycles. The standard InChI is InChI=1S/C9H16N4O/c10-5-6-1-3-7(4-2-6)8-12-9(11)13-14-8/h6-7H,1-5,10H2,(H2,11,13). The lowest BCUT2D eigenvalue weighted by molar-refractivity contribution is 0.275. The Bertz CT molecular complexity index is 291. The Labute approximate surface area is 82.8 Å². The maximum absolute atomic E-state index is 5.62. The van der Waals surface area contributed by atoms with Gasteiger partial charge in [0.1, 0.15) is 0 Å². The van der Waals surface area contributed by atoms with Crippen LogP contribution < -0.4 is 11.5 Å². The van der Waals surface area contributed by atoms with E-state index in [1.54, 1.807) is 0 Å². The van der Waals surface area contributed by atoms with Crippen LogP contribution in [0.15, 0.2) is 4.52 Å². The summed E-state index contributed by atoms with van der Waals surface area (Å²) in [7, 11) is 0. The molecule has 1 fully saturated rings. The van der Waals surface area contributed by atoms with Gasteiger partial charge in [0.05, 0.1) is 0 Å². The van der Waals surface area contributed by atoms with Crippen LogP contribution in [-0.2, 0) is 0 Å². The first-order valence-corrected chi connectivity index (χ1v) is 5.08. The molecule has 1 heterocycles. The van der Waals surface area contributed by atoms with Gasteiger partial charge >= 0.3 is 0 Å². The van der Waals surface area contributed by atoms with Gasteiger partial charge in [-0.3, -0.25) is 0 Å². The predicted octanol–water partition coefficient (Wildman–Crippen LogP) is 0.884. The predicted molar refractivity (Wildman–Crippen MR) is 52.5 cm³/mol. The molecular weight excluding hydrogens is 180 g/mol. The van der Waals surface area contributed by atoms with Crippen molar-refractivity contribution in [3.63, 3.8) is 0 Å². The van der Waals surface area contributed by atoms with E-state index in [1.807, 2.05) is 0 Å². The highest BCUT2D eigenvalue weighted by atomic mass is 16.5. The van der Waals surface area contributed by atoms with Gasteiger partial charge in [-0.2, -0.15) is 4.98 Å². The summed E-state index contributed by atoms with van der Waals surface area (Å²) in [6.07, 6.45) is 4.49. The van der Waals surface area contributed by atoms with Crippen LogP contribution in [-0.4, -0.2) is 16.7 Å². The molecule has 5 nitrogen and oxygen atoms in total. The molecule has 1 aromatic rings. The molecule has 0 radical (unpaired) electrons. The molecule has 5 heteroatoms. The minimum Gasteiger partial charge on any atom is -0.365 e. The fourth-order valence-electron chi connectivity index (χ4n) is 2.06. The second-order valence-electron chi connectivity index (χ2n) is 3.94. The Morgan fingerprint density at radius 2 is 2.00 bits per heavy atom. The minimum absolute atomic E-state index is 0.237. The van der Waals surface area contributed by atoms with Gasteiger partial charge in [-0.1, -0.05) is 0 Å². The first kappa shape index (κ1) is 9.45. The Hall–Kier alpha value is -1.10. The lowest BCUT2D eigenvalue weighted by Crippen LogP contribution is -2.20. The summed E-state index contributed by atoms with van der Waals surface area (Å²) in [5.41, 5.74) is 11.0. The fourth-order valence-corrected chi connectivity index (χ4v) is 2.06. The van der Waals surface area contributed by atoms with Gasteiger partial charge in [0, 0.05) is 5.92 Å². The van der Waals surface area contributed by atoms with Crippen LogP contribution in [0.25, 0.3) is 0 Å². The first-order chi connectivity index (χ1) is 6.79. The highest BCUT2D eigenvalue weighted by Crippen LogP contribution is 2.34. The van der Waals surface area contributed by atoms with E-state index < -0.39 is 0 Å². The molecule has 1 saturated carbocycles. The van der Waals surface area contributed by atoms with Crippen molar-refractivity contribution in [2.75, 3.05) is 12.3 Å². The minimum atomic E-state index is 0.237. The van der Waals surface area contributed by atoms with Crippen molar-refractivity contribution in [2.45, 2.75) is 31.6 Å². The lowest BCUT2D eigenvalue weighted by atomic mass is 9.82. The highest BCUT2D eigenvalue weighted by molar-refractivity contribution is 5.12. The fraction of sp³-hybridized carbons (Fsp3) is 0.778. The summed E-state index contributed by atoms with van der Waals surface area (Å²) in [6.45, 7) is 0.790. The first-order valence-electron chi connectivity index (χ1n) is 5.08. The van der Waals surface area contributed by atoms with Crippen LogP contribution >= 0.6 is 0 Å². The van der Waals surface area contributed by atoms with E-state index in [2.05, 4.69) is 10.1 Å². The molecule has 1 aliphatic rings. The zero-order valence-electron chi connectivity index (χ0n) is 8.15. The highest BCUT2D eigenvalue weighted by Gasteiger charge is 2.25. The zero-order valence-corrected chi connectivity index (χ0v) is 8.15. The van der Waals surface area contributed by atoms with Crippen molar-refractivity contribution in [1.29, 1.82) is 0 Å². The van der Waals surface area contributed by atoms with Crippen molar-refractivity contribution in [3.05, 3.63) is 5.89 Å². The molecule has 2 rings (SSSR count). The van der Waals surface area contributed by atoms with E-state index in [0.29, 0.717) is 17.7 Å². The van der Waals surface area contributed by atoms with Crippen molar-refractivity contribution in [3.8, 4) is 0 Å². The number of hydrogen-bond acceptors (Lipinski definition) is 5. The summed E-state index contributed by atoms with van der Waals surface area (Å²) in [5, 5.41) is 3.60. The van der Waals surface area contributed by atoms with E-state index >= 15 is 0 Å². The van der Waals surface area contributed by atoms with Gasteiger partial charge < -0.3 is 16.0 Å². The number of anilines is 1. The molecule has 0 saturated heterocycles. The van der Waals surface area contributed by atoms with Gasteiger partial charge in [0.25, 0.3) is 5.95 Å². The van der Waals surface area contributed by atoms with Gasteiger partial charge in [-0.25, -0.2) is 0 Å². The molecule has 0 unspecified atom stereocenters. The topological polar surface area (TPSA) is 91.0 Å². The monoisotopic (exact) mass is 196 g/mol. The largest absolute Gasteiger partial charge is 0.365 e. The van der Waals surface area contributed by atoms with Gasteiger partial charge in [0.2, 0.25) is 5.89 Å². The third-order valence-electron chi connectivity index (χ3n) is 2.99. The SMILES string of the molecule is NCC1CCC(c2nc(N)no2)CC1. The van der Waals surface area contributed by atoms with Crippen molar-refractivity contribution >= 4 is 5.95 Å². The Morgan fingerprint density at radius 3 is 2.50 bits per heavy atom. The second kappa shape index (κ2) is 3.96. The maximum atomic E-state index is 5.62. The van der Waals surface area contributed by atoms with Crippen LogP contribution in [0, 0.1) is 5.92 Å². The average Bonchev–Trinajstić information content (AvgIpc) is 2.65. The van der Waals surface area contributed by atoms with Gasteiger partial charge in [-0.15, -0.1) is 0 Å². The third-order valence-corrected chi connectivity index (χ3v) is 2.99. The zero-order chi connectivity index (χ0) is 9.97. The molecular formula is C9H16N4O. The molecule has 4 N–H and O–H groups in total. The number of nitrogens with zero attached hydrogens (tertiary/aromatic N) is 2. The average molecular weight is 196 g/mol. The lowest BCUT2D eigenvalue weighted by Gasteiger charge is -2.24. The number of rotatable bonds is 2. The van der Waals surface area contributed by atoms with E-state index in [9.17, 15) is 0 Å². The second-order valence-corrected chi connectivity index (χ2v) is 3.94. The molecule has 14 heavy (non-hydrogen) atoms. The summed E-state index contributed by atoms with van der Waals surface area (Å²) in [6, 6.07) is 0. The Kier molecular flexibility index (Phi) is 2.67. The number of hydrogen-bond donors (Lipinski definition) is 2. The molecule has 0 spiro atoms. The molecule has 78 valence electrons. The van der Waals surface area contributed by atoms with E-state index in [-0.39, 0.29) is 5.95 Å².